The molecule has 1 unspecified atom stereocenters. The summed E-state index contributed by atoms with van der Waals surface area (Å²) in [7, 11) is 0. The Labute approximate surface area is 90.5 Å². The van der Waals surface area contributed by atoms with Gasteiger partial charge in [-0.05, 0) is 24.5 Å². The van der Waals surface area contributed by atoms with Gasteiger partial charge in [-0.25, -0.2) is 0 Å². The third-order valence-electron chi connectivity index (χ3n) is 2.02. The van der Waals surface area contributed by atoms with Crippen molar-refractivity contribution in [3.05, 3.63) is 34.9 Å². The summed E-state index contributed by atoms with van der Waals surface area (Å²) in [5.41, 5.74) is 0.613. The molecule has 1 nitrogen and oxygen atoms in total. The van der Waals surface area contributed by atoms with E-state index in [-0.39, 0.29) is 12.8 Å². The topological polar surface area (TPSA) is 20.2 Å². The van der Waals surface area contributed by atoms with E-state index < -0.39 is 12.3 Å². The summed E-state index contributed by atoms with van der Waals surface area (Å²) >= 11 is 5.76. The van der Waals surface area contributed by atoms with Crippen LogP contribution in [0.3, 0.4) is 0 Å². The third kappa shape index (κ3) is 3.72. The van der Waals surface area contributed by atoms with Gasteiger partial charge in [-0.1, -0.05) is 29.8 Å². The maximum absolute atomic E-state index is 12.0. The molecule has 0 radical (unpaired) electrons. The summed E-state index contributed by atoms with van der Waals surface area (Å²) in [6.45, 7) is 0. The summed E-state index contributed by atoms with van der Waals surface area (Å²) in [6.07, 6.45) is -7.09. The monoisotopic (exact) mass is 238 g/mol. The van der Waals surface area contributed by atoms with E-state index in [1.54, 1.807) is 24.3 Å². The first-order valence-corrected chi connectivity index (χ1v) is 4.77. The number of aryl methyl sites for hydroxylation is 1. The molecule has 84 valence electrons. The normalized spacial score (nSPS) is 13.9. The molecule has 0 aliphatic rings. The molecular formula is C10H10ClF3O. The number of halogens is 4. The Morgan fingerprint density at radius 1 is 1.27 bits per heavy atom. The van der Waals surface area contributed by atoms with Gasteiger partial charge in [0.25, 0.3) is 0 Å². The van der Waals surface area contributed by atoms with Crippen LogP contribution in [0.1, 0.15) is 12.0 Å². The Morgan fingerprint density at radius 3 is 2.40 bits per heavy atom. The lowest BCUT2D eigenvalue weighted by molar-refractivity contribution is -0.205. The predicted octanol–water partition coefficient (Wildman–Crippen LogP) is 3.20. The van der Waals surface area contributed by atoms with Crippen molar-refractivity contribution in [1.82, 2.24) is 0 Å². The summed E-state index contributed by atoms with van der Waals surface area (Å²) in [5.74, 6) is 0. The van der Waals surface area contributed by atoms with E-state index in [0.717, 1.165) is 0 Å². The molecule has 1 aromatic carbocycles. The molecule has 0 bridgehead atoms. The molecule has 0 aliphatic carbocycles. The molecule has 15 heavy (non-hydrogen) atoms. The first-order valence-electron chi connectivity index (χ1n) is 4.39. The molecular weight excluding hydrogens is 229 g/mol. The standard InChI is InChI=1S/C10H10ClF3O/c11-8-4-2-1-3-7(8)5-6-9(15)10(12,13)14/h1-4,9,15H,5-6H2. The second-order valence-electron chi connectivity index (χ2n) is 3.19. The maximum atomic E-state index is 12.0. The van der Waals surface area contributed by atoms with E-state index in [1.165, 1.54) is 0 Å². The molecule has 0 heterocycles. The molecule has 0 aromatic heterocycles. The van der Waals surface area contributed by atoms with E-state index in [9.17, 15) is 13.2 Å². The highest BCUT2D eigenvalue weighted by Gasteiger charge is 2.37. The molecule has 0 aliphatic heterocycles. The lowest BCUT2D eigenvalue weighted by Gasteiger charge is -2.14. The van der Waals surface area contributed by atoms with Crippen LogP contribution in [0, 0.1) is 0 Å². The number of hydrogen-bond acceptors (Lipinski definition) is 1. The van der Waals surface area contributed by atoms with Crippen LogP contribution in [-0.2, 0) is 6.42 Å². The number of benzene rings is 1. The maximum Gasteiger partial charge on any atom is 0.414 e. The quantitative estimate of drug-likeness (QED) is 0.858. The Hall–Kier alpha value is -0.740. The largest absolute Gasteiger partial charge is 0.414 e. The van der Waals surface area contributed by atoms with E-state index in [4.69, 9.17) is 16.7 Å². The van der Waals surface area contributed by atoms with E-state index in [0.29, 0.717) is 10.6 Å². The zero-order chi connectivity index (χ0) is 11.5. The fraction of sp³-hybridized carbons (Fsp3) is 0.400. The average Bonchev–Trinajstić information content (AvgIpc) is 2.14. The van der Waals surface area contributed by atoms with Crippen molar-refractivity contribution >= 4 is 11.6 Å². The molecule has 0 fully saturated rings. The van der Waals surface area contributed by atoms with Gasteiger partial charge in [-0.2, -0.15) is 13.2 Å². The molecule has 5 heteroatoms. The molecule has 0 spiro atoms. The van der Waals surface area contributed by atoms with Gasteiger partial charge in [-0.15, -0.1) is 0 Å². The number of rotatable bonds is 3. The van der Waals surface area contributed by atoms with Crippen LogP contribution < -0.4 is 0 Å². The second-order valence-corrected chi connectivity index (χ2v) is 3.59. The van der Waals surface area contributed by atoms with Crippen molar-refractivity contribution in [3.8, 4) is 0 Å². The number of aliphatic hydroxyl groups excluding tert-OH is 1. The van der Waals surface area contributed by atoms with E-state index in [2.05, 4.69) is 0 Å². The van der Waals surface area contributed by atoms with Crippen LogP contribution in [0.5, 0.6) is 0 Å². The summed E-state index contributed by atoms with van der Waals surface area (Å²) in [5, 5.41) is 9.19. The smallest absolute Gasteiger partial charge is 0.384 e. The molecule has 1 atom stereocenters. The van der Waals surface area contributed by atoms with Crippen LogP contribution in [0.4, 0.5) is 13.2 Å². The van der Waals surface area contributed by atoms with Gasteiger partial charge in [0, 0.05) is 5.02 Å². The molecule has 0 saturated carbocycles. The third-order valence-corrected chi connectivity index (χ3v) is 2.39. The van der Waals surface area contributed by atoms with Crippen LogP contribution in [-0.4, -0.2) is 17.4 Å². The summed E-state index contributed by atoms with van der Waals surface area (Å²) in [4.78, 5) is 0. The number of hydrogen-bond donors (Lipinski definition) is 1. The highest BCUT2D eigenvalue weighted by atomic mass is 35.5. The molecule has 1 aromatic rings. The first-order chi connectivity index (χ1) is 6.91. The van der Waals surface area contributed by atoms with Crippen molar-refractivity contribution in [2.45, 2.75) is 25.1 Å². The van der Waals surface area contributed by atoms with Crippen LogP contribution in [0.15, 0.2) is 24.3 Å². The molecule has 0 saturated heterocycles. The lowest BCUT2D eigenvalue weighted by Crippen LogP contribution is -2.28. The zero-order valence-electron chi connectivity index (χ0n) is 7.76. The van der Waals surface area contributed by atoms with Crippen LogP contribution >= 0.6 is 11.6 Å². The van der Waals surface area contributed by atoms with Gasteiger partial charge in [0.2, 0.25) is 0 Å². The van der Waals surface area contributed by atoms with Crippen molar-refractivity contribution < 1.29 is 18.3 Å². The second kappa shape index (κ2) is 4.86. The van der Waals surface area contributed by atoms with Crippen molar-refractivity contribution in [1.29, 1.82) is 0 Å². The highest BCUT2D eigenvalue weighted by Crippen LogP contribution is 2.25. The van der Waals surface area contributed by atoms with Gasteiger partial charge in [0.1, 0.15) is 6.10 Å². The summed E-state index contributed by atoms with van der Waals surface area (Å²) < 4.78 is 35.9. The average molecular weight is 239 g/mol. The Balaban J connectivity index is 2.55. The van der Waals surface area contributed by atoms with Crippen molar-refractivity contribution in [2.75, 3.05) is 0 Å². The summed E-state index contributed by atoms with van der Waals surface area (Å²) in [6, 6.07) is 6.65. The predicted molar refractivity (Wildman–Crippen MR) is 51.8 cm³/mol. The van der Waals surface area contributed by atoms with Crippen LogP contribution in [0.2, 0.25) is 5.02 Å². The van der Waals surface area contributed by atoms with Gasteiger partial charge in [-0.3, -0.25) is 0 Å². The van der Waals surface area contributed by atoms with Gasteiger partial charge >= 0.3 is 6.18 Å². The van der Waals surface area contributed by atoms with Gasteiger partial charge in [0.05, 0.1) is 0 Å². The fourth-order valence-corrected chi connectivity index (χ4v) is 1.39. The minimum atomic E-state index is -4.55. The highest BCUT2D eigenvalue weighted by molar-refractivity contribution is 6.31. The zero-order valence-corrected chi connectivity index (χ0v) is 8.52. The van der Waals surface area contributed by atoms with Gasteiger partial charge < -0.3 is 5.11 Å². The minimum absolute atomic E-state index is 0.111. The first kappa shape index (κ1) is 12.3. The van der Waals surface area contributed by atoms with E-state index >= 15 is 0 Å². The van der Waals surface area contributed by atoms with E-state index in [1.807, 2.05) is 0 Å². The molecule has 0 amide bonds. The fourth-order valence-electron chi connectivity index (χ4n) is 1.16. The Morgan fingerprint density at radius 2 is 1.87 bits per heavy atom. The molecule has 1 N–H and O–H groups in total. The number of aliphatic hydroxyl groups is 1. The number of alkyl halides is 3. The van der Waals surface area contributed by atoms with Gasteiger partial charge in [0.15, 0.2) is 0 Å². The molecule has 1 rings (SSSR count). The Bertz CT molecular complexity index is 325. The van der Waals surface area contributed by atoms with Crippen molar-refractivity contribution in [2.24, 2.45) is 0 Å². The minimum Gasteiger partial charge on any atom is -0.384 e. The lowest BCUT2D eigenvalue weighted by atomic mass is 10.1. The van der Waals surface area contributed by atoms with Crippen molar-refractivity contribution in [3.63, 3.8) is 0 Å². The Kier molecular flexibility index (Phi) is 3.99. The van der Waals surface area contributed by atoms with Crippen LogP contribution in [0.25, 0.3) is 0 Å². The SMILES string of the molecule is OC(CCc1ccccc1Cl)C(F)(F)F.